The number of imide groups is 1. The van der Waals surface area contributed by atoms with E-state index < -0.39 is 6.04 Å². The number of benzene rings is 1. The van der Waals surface area contributed by atoms with E-state index in [2.05, 4.69) is 40.7 Å². The third-order valence-corrected chi connectivity index (χ3v) is 7.61. The minimum absolute atomic E-state index is 0.111. The van der Waals surface area contributed by atoms with Gasteiger partial charge in [-0.05, 0) is 59.5 Å². The van der Waals surface area contributed by atoms with E-state index in [9.17, 15) is 14.4 Å². The molecule has 7 heteroatoms. The number of carbonyl (C=O) groups is 3. The molecule has 1 atom stereocenters. The van der Waals surface area contributed by atoms with Crippen LogP contribution in [0.1, 0.15) is 51.2 Å². The number of nitrogens with zero attached hydrogens (tertiary/aromatic N) is 2. The average molecular weight is 436 g/mol. The summed E-state index contributed by atoms with van der Waals surface area (Å²) < 4.78 is 0. The van der Waals surface area contributed by atoms with Crippen LogP contribution < -0.4 is 5.32 Å². The summed E-state index contributed by atoms with van der Waals surface area (Å²) in [5.74, 6) is -0.738. The zero-order valence-corrected chi connectivity index (χ0v) is 18.3. The largest absolute Gasteiger partial charge is 0.322 e. The van der Waals surface area contributed by atoms with Gasteiger partial charge in [0, 0.05) is 43.0 Å². The Hall–Kier alpha value is -2.77. The smallest absolute Gasteiger partial charge is 0.255 e. The predicted octanol–water partition coefficient (Wildman–Crippen LogP) is 3.11. The van der Waals surface area contributed by atoms with Crippen molar-refractivity contribution < 1.29 is 14.4 Å². The highest BCUT2D eigenvalue weighted by atomic mass is 32.1. The van der Waals surface area contributed by atoms with Crippen LogP contribution in [0.3, 0.4) is 0 Å². The molecule has 1 unspecified atom stereocenters. The van der Waals surface area contributed by atoms with Crippen LogP contribution in [0.4, 0.5) is 0 Å². The first-order valence-corrected chi connectivity index (χ1v) is 11.6. The van der Waals surface area contributed by atoms with E-state index in [0.29, 0.717) is 18.5 Å². The molecule has 0 aliphatic carbocycles. The van der Waals surface area contributed by atoms with Gasteiger partial charge >= 0.3 is 0 Å². The van der Waals surface area contributed by atoms with Crippen LogP contribution in [-0.2, 0) is 22.7 Å². The van der Waals surface area contributed by atoms with Gasteiger partial charge in [0.05, 0.1) is 0 Å². The zero-order valence-electron chi connectivity index (χ0n) is 17.5. The van der Waals surface area contributed by atoms with Gasteiger partial charge in [0.15, 0.2) is 0 Å². The van der Waals surface area contributed by atoms with E-state index in [4.69, 9.17) is 0 Å². The van der Waals surface area contributed by atoms with Crippen LogP contribution in [0.25, 0.3) is 5.57 Å². The third kappa shape index (κ3) is 3.72. The molecule has 4 heterocycles. The summed E-state index contributed by atoms with van der Waals surface area (Å²) in [6.45, 7) is 5.25. The molecule has 5 rings (SSSR count). The van der Waals surface area contributed by atoms with E-state index in [-0.39, 0.29) is 24.1 Å². The minimum Gasteiger partial charge on any atom is -0.322 e. The van der Waals surface area contributed by atoms with E-state index in [1.54, 1.807) is 4.90 Å². The number of aryl methyl sites for hydroxylation is 1. The van der Waals surface area contributed by atoms with Gasteiger partial charge in [-0.15, -0.1) is 11.3 Å². The molecule has 0 saturated carbocycles. The Bertz CT molecular complexity index is 1100. The van der Waals surface area contributed by atoms with E-state index in [1.807, 2.05) is 23.5 Å². The summed E-state index contributed by atoms with van der Waals surface area (Å²) in [7, 11) is 0. The van der Waals surface area contributed by atoms with Crippen molar-refractivity contribution in [3.8, 4) is 0 Å². The van der Waals surface area contributed by atoms with Gasteiger partial charge < -0.3 is 4.90 Å². The Balaban J connectivity index is 1.31. The predicted molar refractivity (Wildman–Crippen MR) is 119 cm³/mol. The second-order valence-electron chi connectivity index (χ2n) is 8.49. The lowest BCUT2D eigenvalue weighted by atomic mass is 10.0. The molecule has 0 spiro atoms. The standard InChI is InChI=1S/C24H25N3O3S/c1-15-9-12-31-22(15)16-7-10-26(11-8-16)13-17-3-2-4-18-19(17)14-27(24(18)30)20-5-6-21(28)25-23(20)29/h2-4,7,9,12,20H,5-6,8,10-11,13-14H2,1H3,(H,25,28,29). The molecule has 1 fully saturated rings. The Morgan fingerprint density at radius 2 is 2.03 bits per heavy atom. The van der Waals surface area contributed by atoms with Gasteiger partial charge in [-0.3, -0.25) is 24.6 Å². The number of hydrogen-bond donors (Lipinski definition) is 1. The number of nitrogens with one attached hydrogen (secondary N) is 1. The maximum atomic E-state index is 13.0. The second kappa shape index (κ2) is 8.05. The van der Waals surface area contributed by atoms with Crippen molar-refractivity contribution in [2.45, 2.75) is 45.3 Å². The van der Waals surface area contributed by atoms with E-state index >= 15 is 0 Å². The Morgan fingerprint density at radius 3 is 2.74 bits per heavy atom. The first-order valence-electron chi connectivity index (χ1n) is 10.7. The first-order chi connectivity index (χ1) is 15.0. The lowest BCUT2D eigenvalue weighted by Crippen LogP contribution is -2.52. The quantitative estimate of drug-likeness (QED) is 0.750. The number of amides is 3. The molecule has 0 radical (unpaired) electrons. The molecule has 2 aromatic rings. The molecule has 0 bridgehead atoms. The summed E-state index contributed by atoms with van der Waals surface area (Å²) in [6.07, 6.45) is 4.02. The lowest BCUT2D eigenvalue weighted by Gasteiger charge is -2.29. The number of hydrogen-bond acceptors (Lipinski definition) is 5. The van der Waals surface area contributed by atoms with E-state index in [0.717, 1.165) is 37.2 Å². The highest BCUT2D eigenvalue weighted by molar-refractivity contribution is 7.11. The summed E-state index contributed by atoms with van der Waals surface area (Å²) >= 11 is 1.81. The molecule has 3 aliphatic rings. The van der Waals surface area contributed by atoms with E-state index in [1.165, 1.54) is 16.0 Å². The highest BCUT2D eigenvalue weighted by Crippen LogP contribution is 2.32. The summed E-state index contributed by atoms with van der Waals surface area (Å²) in [6, 6.07) is 7.47. The number of rotatable bonds is 4. The highest BCUT2D eigenvalue weighted by Gasteiger charge is 2.39. The van der Waals surface area contributed by atoms with Crippen LogP contribution in [0.15, 0.2) is 35.7 Å². The molecule has 1 aromatic carbocycles. The van der Waals surface area contributed by atoms with Gasteiger partial charge in [-0.1, -0.05) is 18.2 Å². The van der Waals surface area contributed by atoms with Crippen LogP contribution in [0.2, 0.25) is 0 Å². The van der Waals surface area contributed by atoms with Crippen molar-refractivity contribution in [3.63, 3.8) is 0 Å². The molecule has 3 aliphatic heterocycles. The van der Waals surface area contributed by atoms with Crippen LogP contribution in [0.5, 0.6) is 0 Å². The first kappa shape index (κ1) is 20.2. The molecule has 6 nitrogen and oxygen atoms in total. The van der Waals surface area contributed by atoms with Crippen LogP contribution in [0, 0.1) is 6.92 Å². The number of carbonyl (C=O) groups excluding carboxylic acids is 3. The minimum atomic E-state index is -0.569. The van der Waals surface area contributed by atoms with Crippen molar-refractivity contribution in [1.29, 1.82) is 0 Å². The average Bonchev–Trinajstić information content (AvgIpc) is 3.33. The molecule has 1 N–H and O–H groups in total. The Kier molecular flexibility index (Phi) is 5.24. The number of piperidine rings is 1. The molecule has 160 valence electrons. The van der Waals surface area contributed by atoms with Crippen LogP contribution >= 0.6 is 11.3 Å². The molecule has 1 saturated heterocycles. The fourth-order valence-corrected chi connectivity index (χ4v) is 5.80. The maximum Gasteiger partial charge on any atom is 0.255 e. The van der Waals surface area contributed by atoms with Crippen molar-refractivity contribution in [2.75, 3.05) is 13.1 Å². The van der Waals surface area contributed by atoms with Crippen LogP contribution in [-0.4, -0.2) is 46.7 Å². The summed E-state index contributed by atoms with van der Waals surface area (Å²) in [5, 5.41) is 4.52. The molecular weight excluding hydrogens is 410 g/mol. The molecular formula is C24H25N3O3S. The lowest BCUT2D eigenvalue weighted by molar-refractivity contribution is -0.136. The van der Waals surface area contributed by atoms with Gasteiger partial charge in [0.2, 0.25) is 11.8 Å². The van der Waals surface area contributed by atoms with Crippen molar-refractivity contribution >= 4 is 34.6 Å². The molecule has 1 aromatic heterocycles. The van der Waals surface area contributed by atoms with Gasteiger partial charge in [-0.25, -0.2) is 0 Å². The maximum absolute atomic E-state index is 13.0. The SMILES string of the molecule is Cc1ccsc1C1=CCN(Cc2cccc3c2CN(C2CCC(=O)NC2=O)C3=O)CC1. The van der Waals surface area contributed by atoms with Gasteiger partial charge in [0.1, 0.15) is 6.04 Å². The monoisotopic (exact) mass is 435 g/mol. The van der Waals surface area contributed by atoms with Crippen molar-refractivity contribution in [3.05, 3.63) is 62.9 Å². The second-order valence-corrected chi connectivity index (χ2v) is 9.41. The summed E-state index contributed by atoms with van der Waals surface area (Å²) in [4.78, 5) is 42.2. The topological polar surface area (TPSA) is 69.7 Å². The molecule has 3 amide bonds. The molecule has 31 heavy (non-hydrogen) atoms. The third-order valence-electron chi connectivity index (χ3n) is 6.52. The normalized spacial score (nSPS) is 21.8. The Labute approximate surface area is 185 Å². The number of fused-ring (bicyclic) bond motifs is 1. The van der Waals surface area contributed by atoms with Gasteiger partial charge in [0.25, 0.3) is 5.91 Å². The van der Waals surface area contributed by atoms with Crippen molar-refractivity contribution in [2.24, 2.45) is 0 Å². The number of thiophene rings is 1. The fourth-order valence-electron chi connectivity index (χ4n) is 4.80. The summed E-state index contributed by atoms with van der Waals surface area (Å²) in [5.41, 5.74) is 5.62. The zero-order chi connectivity index (χ0) is 21.5. The fraction of sp³-hybridized carbons (Fsp3) is 0.375. The van der Waals surface area contributed by atoms with Gasteiger partial charge in [-0.2, -0.15) is 0 Å². The Morgan fingerprint density at radius 1 is 1.16 bits per heavy atom. The van der Waals surface area contributed by atoms with Crippen molar-refractivity contribution in [1.82, 2.24) is 15.1 Å².